The number of hydrogen-bond acceptors (Lipinski definition) is 4. The van der Waals surface area contributed by atoms with Gasteiger partial charge in [0.1, 0.15) is 0 Å². The summed E-state index contributed by atoms with van der Waals surface area (Å²) >= 11 is 1.63. The van der Waals surface area contributed by atoms with Gasteiger partial charge in [-0.1, -0.05) is 17.7 Å². The predicted octanol–water partition coefficient (Wildman–Crippen LogP) is 1.53. The molecule has 4 nitrogen and oxygen atoms in total. The Balaban J connectivity index is 1.81. The molecule has 1 aromatic rings. The largest absolute Gasteiger partial charge is 0.395 e. The van der Waals surface area contributed by atoms with Crippen LogP contribution in [0.3, 0.4) is 0 Å². The van der Waals surface area contributed by atoms with E-state index >= 15 is 0 Å². The molecule has 1 amide bonds. The summed E-state index contributed by atoms with van der Waals surface area (Å²) in [5.74, 6) is 0.717. The van der Waals surface area contributed by atoms with Crippen LogP contribution in [0.15, 0.2) is 23.1 Å². The summed E-state index contributed by atoms with van der Waals surface area (Å²) in [5, 5.41) is 8.93. The second kappa shape index (κ2) is 7.82. The maximum atomic E-state index is 12.3. The first-order valence-electron chi connectivity index (χ1n) is 7.41. The second-order valence-electron chi connectivity index (χ2n) is 5.50. The average molecular weight is 308 g/mol. The minimum atomic E-state index is 0.191. The summed E-state index contributed by atoms with van der Waals surface area (Å²) in [6, 6.07) is 6.35. The van der Waals surface area contributed by atoms with Gasteiger partial charge < -0.3 is 10.0 Å². The van der Waals surface area contributed by atoms with Crippen LogP contribution in [0.4, 0.5) is 0 Å². The third kappa shape index (κ3) is 4.73. The molecule has 2 rings (SSSR count). The quantitative estimate of drug-likeness (QED) is 0.838. The Labute approximate surface area is 131 Å². The van der Waals surface area contributed by atoms with E-state index in [1.807, 2.05) is 4.90 Å². The zero-order valence-corrected chi connectivity index (χ0v) is 13.7. The van der Waals surface area contributed by atoms with Crippen LogP contribution >= 0.6 is 11.8 Å². The van der Waals surface area contributed by atoms with Crippen molar-refractivity contribution < 1.29 is 9.90 Å². The van der Waals surface area contributed by atoms with E-state index in [2.05, 4.69) is 36.9 Å². The molecule has 1 saturated heterocycles. The normalized spacial score (nSPS) is 16.2. The maximum Gasteiger partial charge on any atom is 0.233 e. The van der Waals surface area contributed by atoms with Crippen molar-refractivity contribution in [3.63, 3.8) is 0 Å². The zero-order valence-electron chi connectivity index (χ0n) is 12.8. The molecule has 0 saturated carbocycles. The highest BCUT2D eigenvalue weighted by atomic mass is 32.2. The molecular weight excluding hydrogens is 284 g/mol. The van der Waals surface area contributed by atoms with Crippen LogP contribution in [0, 0.1) is 13.8 Å². The van der Waals surface area contributed by atoms with E-state index in [1.54, 1.807) is 11.8 Å². The molecule has 0 atom stereocenters. The molecule has 5 heteroatoms. The third-order valence-corrected chi connectivity index (χ3v) is 4.98. The number of rotatable bonds is 5. The van der Waals surface area contributed by atoms with Crippen molar-refractivity contribution in [3.05, 3.63) is 29.3 Å². The van der Waals surface area contributed by atoms with E-state index in [1.165, 1.54) is 16.0 Å². The van der Waals surface area contributed by atoms with Crippen molar-refractivity contribution in [2.24, 2.45) is 0 Å². The minimum absolute atomic E-state index is 0.191. The van der Waals surface area contributed by atoms with Crippen molar-refractivity contribution >= 4 is 17.7 Å². The molecular formula is C16H24N2O2S. The lowest BCUT2D eigenvalue weighted by Gasteiger charge is -2.34. The fourth-order valence-electron chi connectivity index (χ4n) is 2.46. The highest BCUT2D eigenvalue weighted by Gasteiger charge is 2.20. The van der Waals surface area contributed by atoms with Crippen molar-refractivity contribution in [2.75, 3.05) is 45.1 Å². The number of β-amino-alcohol motifs (C(OH)–C–C–N with tert-alkyl or cyclic N) is 1. The molecule has 1 aromatic carbocycles. The molecule has 0 spiro atoms. The Morgan fingerprint density at radius 3 is 2.62 bits per heavy atom. The fourth-order valence-corrected chi connectivity index (χ4v) is 3.48. The second-order valence-corrected chi connectivity index (χ2v) is 6.52. The molecule has 0 bridgehead atoms. The number of aliphatic hydroxyl groups excluding tert-OH is 1. The van der Waals surface area contributed by atoms with E-state index in [9.17, 15) is 4.79 Å². The number of nitrogens with zero attached hydrogens (tertiary/aromatic N) is 2. The number of carbonyl (C=O) groups is 1. The number of hydrogen-bond donors (Lipinski definition) is 1. The molecule has 0 aliphatic carbocycles. The Morgan fingerprint density at radius 2 is 1.95 bits per heavy atom. The van der Waals surface area contributed by atoms with Crippen LogP contribution < -0.4 is 0 Å². The highest BCUT2D eigenvalue weighted by Crippen LogP contribution is 2.24. The van der Waals surface area contributed by atoms with E-state index < -0.39 is 0 Å². The van der Waals surface area contributed by atoms with Gasteiger partial charge in [-0.3, -0.25) is 9.69 Å². The van der Waals surface area contributed by atoms with Gasteiger partial charge in [-0.2, -0.15) is 0 Å². The first kappa shape index (κ1) is 16.3. The third-order valence-electron chi connectivity index (χ3n) is 3.84. The summed E-state index contributed by atoms with van der Waals surface area (Å²) in [6.45, 7) is 8.32. The number of thioether (sulfide) groups is 1. The van der Waals surface area contributed by atoms with Gasteiger partial charge in [0, 0.05) is 37.6 Å². The summed E-state index contributed by atoms with van der Waals surface area (Å²) in [6.07, 6.45) is 0. The van der Waals surface area contributed by atoms with Gasteiger partial charge in [-0.15, -0.1) is 11.8 Å². The lowest BCUT2D eigenvalue weighted by Crippen LogP contribution is -2.49. The fraction of sp³-hybridized carbons (Fsp3) is 0.562. The Kier molecular flexibility index (Phi) is 6.08. The summed E-state index contributed by atoms with van der Waals surface area (Å²) in [5.41, 5.74) is 2.46. The van der Waals surface area contributed by atoms with Crippen LogP contribution in [-0.4, -0.2) is 65.9 Å². The molecule has 1 N–H and O–H groups in total. The van der Waals surface area contributed by atoms with Crippen LogP contribution in [0.1, 0.15) is 11.1 Å². The van der Waals surface area contributed by atoms with Gasteiger partial charge in [0.25, 0.3) is 0 Å². The van der Waals surface area contributed by atoms with Gasteiger partial charge in [-0.05, 0) is 25.5 Å². The summed E-state index contributed by atoms with van der Waals surface area (Å²) < 4.78 is 0. The van der Waals surface area contributed by atoms with Gasteiger partial charge in [0.15, 0.2) is 0 Å². The lowest BCUT2D eigenvalue weighted by molar-refractivity contribution is -0.130. The molecule has 1 heterocycles. The number of aryl methyl sites for hydroxylation is 2. The molecule has 1 aliphatic heterocycles. The minimum Gasteiger partial charge on any atom is -0.395 e. The molecule has 21 heavy (non-hydrogen) atoms. The van der Waals surface area contributed by atoms with E-state index in [4.69, 9.17) is 5.11 Å². The van der Waals surface area contributed by atoms with Crippen LogP contribution in [0.25, 0.3) is 0 Å². The van der Waals surface area contributed by atoms with Crippen molar-refractivity contribution in [1.29, 1.82) is 0 Å². The number of amides is 1. The van der Waals surface area contributed by atoms with E-state index in [0.717, 1.165) is 26.2 Å². The van der Waals surface area contributed by atoms with Crippen molar-refractivity contribution in [2.45, 2.75) is 18.7 Å². The van der Waals surface area contributed by atoms with Crippen molar-refractivity contribution in [3.8, 4) is 0 Å². The van der Waals surface area contributed by atoms with Crippen LogP contribution in [0.5, 0.6) is 0 Å². The molecule has 0 radical (unpaired) electrons. The van der Waals surface area contributed by atoms with Gasteiger partial charge >= 0.3 is 0 Å². The number of benzene rings is 1. The van der Waals surface area contributed by atoms with Gasteiger partial charge in [0.2, 0.25) is 5.91 Å². The van der Waals surface area contributed by atoms with Crippen molar-refractivity contribution in [1.82, 2.24) is 9.80 Å². The topological polar surface area (TPSA) is 43.8 Å². The van der Waals surface area contributed by atoms with Gasteiger partial charge in [-0.25, -0.2) is 0 Å². The number of aliphatic hydroxyl groups is 1. The first-order valence-corrected chi connectivity index (χ1v) is 8.40. The highest BCUT2D eigenvalue weighted by molar-refractivity contribution is 8.00. The molecule has 1 fully saturated rings. The predicted molar refractivity (Wildman–Crippen MR) is 86.7 cm³/mol. The molecule has 0 unspecified atom stereocenters. The van der Waals surface area contributed by atoms with E-state index in [0.29, 0.717) is 12.3 Å². The molecule has 1 aliphatic rings. The van der Waals surface area contributed by atoms with Crippen LogP contribution in [0.2, 0.25) is 0 Å². The standard InChI is InChI=1S/C16H24N2O2S/c1-13-3-4-14(2)15(11-13)21-12-16(20)18-7-5-17(6-8-18)9-10-19/h3-4,11,19H,5-10,12H2,1-2H3. The number of piperazine rings is 1. The first-order chi connectivity index (χ1) is 10.1. The zero-order chi connectivity index (χ0) is 15.2. The maximum absolute atomic E-state index is 12.3. The summed E-state index contributed by atoms with van der Waals surface area (Å²) in [7, 11) is 0. The summed E-state index contributed by atoms with van der Waals surface area (Å²) in [4.78, 5) is 17.6. The van der Waals surface area contributed by atoms with Crippen LogP contribution in [-0.2, 0) is 4.79 Å². The smallest absolute Gasteiger partial charge is 0.233 e. The molecule has 116 valence electrons. The van der Waals surface area contributed by atoms with E-state index in [-0.39, 0.29) is 12.5 Å². The average Bonchev–Trinajstić information content (AvgIpc) is 2.49. The van der Waals surface area contributed by atoms with Gasteiger partial charge in [0.05, 0.1) is 12.4 Å². The molecule has 0 aromatic heterocycles. The monoisotopic (exact) mass is 308 g/mol. The number of carbonyl (C=O) groups excluding carboxylic acids is 1. The lowest BCUT2D eigenvalue weighted by atomic mass is 10.2. The Morgan fingerprint density at radius 1 is 1.24 bits per heavy atom. The SMILES string of the molecule is Cc1ccc(C)c(SCC(=O)N2CCN(CCO)CC2)c1. The Bertz CT molecular complexity index is 485. The Hall–Kier alpha value is -1.04.